The number of aromatic nitrogens is 2. The molecule has 50 heavy (non-hydrogen) atoms. The lowest BCUT2D eigenvalue weighted by Gasteiger charge is -2.30. The van der Waals surface area contributed by atoms with Crippen molar-refractivity contribution in [2.45, 2.75) is 18.8 Å². The van der Waals surface area contributed by atoms with Gasteiger partial charge in [0.15, 0.2) is 0 Å². The van der Waals surface area contributed by atoms with Gasteiger partial charge in [-0.1, -0.05) is 116 Å². The van der Waals surface area contributed by atoms with E-state index in [-0.39, 0.29) is 5.41 Å². The zero-order valence-corrected chi connectivity index (χ0v) is 28.4. The topological polar surface area (TPSA) is 9.86 Å². The van der Waals surface area contributed by atoms with Crippen LogP contribution in [0.25, 0.3) is 81.1 Å². The molecule has 3 heterocycles. The van der Waals surface area contributed by atoms with E-state index >= 15 is 0 Å². The van der Waals surface area contributed by atoms with E-state index in [0.29, 0.717) is 0 Å². The Kier molecular flexibility index (Phi) is 5.77. The van der Waals surface area contributed by atoms with Crippen molar-refractivity contribution in [2.75, 3.05) is 0 Å². The van der Waals surface area contributed by atoms with Crippen LogP contribution in [-0.4, -0.2) is 9.13 Å². The molecule has 0 saturated heterocycles. The molecular weight excluding hydrogens is 625 g/mol. The summed E-state index contributed by atoms with van der Waals surface area (Å²) in [6.45, 7) is 2.41. The number of nitrogens with zero attached hydrogens (tertiary/aromatic N) is 2. The van der Waals surface area contributed by atoms with E-state index in [0.717, 1.165) is 6.42 Å². The highest BCUT2D eigenvalue weighted by molar-refractivity contribution is 7.26. The Morgan fingerprint density at radius 3 is 2.18 bits per heavy atom. The highest BCUT2D eigenvalue weighted by Crippen LogP contribution is 2.46. The smallest absolute Gasteiger partial charge is 0.0719 e. The van der Waals surface area contributed by atoms with E-state index in [1.807, 2.05) is 11.3 Å². The van der Waals surface area contributed by atoms with Gasteiger partial charge in [0.25, 0.3) is 0 Å². The quantitative estimate of drug-likeness (QED) is 0.179. The van der Waals surface area contributed by atoms with Gasteiger partial charge in [0.05, 0.1) is 21.3 Å². The monoisotopic (exact) mass is 656 g/mol. The molecule has 0 amide bonds. The van der Waals surface area contributed by atoms with Gasteiger partial charge in [0, 0.05) is 54.1 Å². The number of allylic oxidation sites excluding steroid dienone is 1. The second-order valence-electron chi connectivity index (χ2n) is 14.0. The Labute approximate surface area is 293 Å². The van der Waals surface area contributed by atoms with Crippen molar-refractivity contribution in [1.82, 2.24) is 9.13 Å². The highest BCUT2D eigenvalue weighted by Gasteiger charge is 2.32. The molecule has 0 bridgehead atoms. The van der Waals surface area contributed by atoms with E-state index in [2.05, 4.69) is 180 Å². The number of hydrogen-bond acceptors (Lipinski definition) is 1. The number of benzene rings is 7. The molecule has 3 heteroatoms. The first-order valence-corrected chi connectivity index (χ1v) is 18.2. The standard InChI is InChI=1S/C47H32N2S/c1-47(26-25-43-40(29-47)35-15-7-9-17-41(35)48(43)33-13-3-2-4-14-33)32-20-24-42-39(28-32)37-22-23-38-36-16-8-10-18-44(36)50-46(38)45(37)49(42)34-21-19-30-11-5-6-12-31(30)27-34/h2-28H,29H2,1H3. The maximum absolute atomic E-state index is 2.52. The fourth-order valence-electron chi connectivity index (χ4n) is 8.65. The first kappa shape index (κ1) is 28.0. The van der Waals surface area contributed by atoms with Gasteiger partial charge in [0.2, 0.25) is 0 Å². The maximum atomic E-state index is 2.52. The van der Waals surface area contributed by atoms with Crippen LogP contribution in [0.2, 0.25) is 0 Å². The molecule has 0 radical (unpaired) electrons. The molecule has 1 aliphatic rings. The third kappa shape index (κ3) is 3.90. The van der Waals surface area contributed by atoms with Crippen LogP contribution >= 0.6 is 11.3 Å². The van der Waals surface area contributed by atoms with Crippen molar-refractivity contribution >= 4 is 81.1 Å². The second kappa shape index (κ2) is 10.3. The lowest BCUT2D eigenvalue weighted by molar-refractivity contribution is 0.589. The average Bonchev–Trinajstić information content (AvgIpc) is 3.82. The molecule has 7 aromatic carbocycles. The minimum atomic E-state index is -0.161. The van der Waals surface area contributed by atoms with Gasteiger partial charge >= 0.3 is 0 Å². The zero-order valence-electron chi connectivity index (χ0n) is 27.6. The van der Waals surface area contributed by atoms with Crippen molar-refractivity contribution in [3.63, 3.8) is 0 Å². The molecule has 1 unspecified atom stereocenters. The van der Waals surface area contributed by atoms with Crippen molar-refractivity contribution in [3.05, 3.63) is 175 Å². The van der Waals surface area contributed by atoms with Gasteiger partial charge in [-0.15, -0.1) is 11.3 Å². The van der Waals surface area contributed by atoms with Gasteiger partial charge in [-0.05, 0) is 82.9 Å². The van der Waals surface area contributed by atoms with Crippen LogP contribution in [0, 0.1) is 0 Å². The summed E-state index contributed by atoms with van der Waals surface area (Å²) in [4.78, 5) is 0. The first-order chi connectivity index (χ1) is 24.6. The summed E-state index contributed by atoms with van der Waals surface area (Å²) in [5, 5.41) is 9.12. The third-order valence-electron chi connectivity index (χ3n) is 11.1. The molecule has 0 fully saturated rings. The Morgan fingerprint density at radius 2 is 1.28 bits per heavy atom. The fraction of sp³-hybridized carbons (Fsp3) is 0.0638. The van der Waals surface area contributed by atoms with Gasteiger partial charge in [0.1, 0.15) is 0 Å². The van der Waals surface area contributed by atoms with Gasteiger partial charge in [-0.2, -0.15) is 0 Å². The van der Waals surface area contributed by atoms with Crippen LogP contribution in [0.15, 0.2) is 158 Å². The fourth-order valence-corrected chi connectivity index (χ4v) is 9.89. The van der Waals surface area contributed by atoms with Crippen molar-refractivity contribution in [3.8, 4) is 11.4 Å². The van der Waals surface area contributed by atoms with Crippen LogP contribution in [-0.2, 0) is 11.8 Å². The Balaban J connectivity index is 1.15. The summed E-state index contributed by atoms with van der Waals surface area (Å²) in [7, 11) is 0. The average molecular weight is 657 g/mol. The summed E-state index contributed by atoms with van der Waals surface area (Å²) in [6, 6.07) is 56.0. The molecule has 236 valence electrons. The minimum absolute atomic E-state index is 0.161. The Hall–Kier alpha value is -5.90. The van der Waals surface area contributed by atoms with Crippen molar-refractivity contribution in [1.29, 1.82) is 0 Å². The van der Waals surface area contributed by atoms with E-state index in [1.165, 1.54) is 91.8 Å². The molecule has 10 aromatic rings. The minimum Gasteiger partial charge on any atom is -0.310 e. The maximum Gasteiger partial charge on any atom is 0.0719 e. The van der Waals surface area contributed by atoms with Crippen molar-refractivity contribution in [2.24, 2.45) is 0 Å². The number of thiophene rings is 1. The molecule has 0 N–H and O–H groups in total. The predicted molar refractivity (Wildman–Crippen MR) is 215 cm³/mol. The Bertz CT molecular complexity index is 3030. The molecule has 11 rings (SSSR count). The van der Waals surface area contributed by atoms with E-state index < -0.39 is 0 Å². The molecule has 0 saturated carbocycles. The number of para-hydroxylation sites is 2. The summed E-state index contributed by atoms with van der Waals surface area (Å²) in [5.74, 6) is 0. The number of rotatable bonds is 3. The molecule has 1 atom stereocenters. The lowest BCUT2D eigenvalue weighted by Crippen LogP contribution is -2.25. The van der Waals surface area contributed by atoms with Crippen LogP contribution in [0.4, 0.5) is 0 Å². The van der Waals surface area contributed by atoms with E-state index in [1.54, 1.807) is 0 Å². The van der Waals surface area contributed by atoms with Crippen molar-refractivity contribution < 1.29 is 0 Å². The lowest BCUT2D eigenvalue weighted by atomic mass is 9.73. The SMILES string of the molecule is CC1(c2ccc3c(c2)c2ccc4c5ccccc5sc4c2n3-c2ccc3ccccc3c2)C=Cc2c(c3ccccc3n2-c2ccccc2)C1. The molecule has 2 nitrogen and oxygen atoms in total. The van der Waals surface area contributed by atoms with Gasteiger partial charge in [-0.3, -0.25) is 0 Å². The largest absolute Gasteiger partial charge is 0.310 e. The summed E-state index contributed by atoms with van der Waals surface area (Å²) in [6.07, 6.45) is 5.76. The first-order valence-electron chi connectivity index (χ1n) is 17.4. The zero-order chi connectivity index (χ0) is 33.0. The second-order valence-corrected chi connectivity index (χ2v) is 15.1. The molecule has 0 spiro atoms. The highest BCUT2D eigenvalue weighted by atomic mass is 32.1. The normalized spacial score (nSPS) is 16.0. The summed E-state index contributed by atoms with van der Waals surface area (Å²) >= 11 is 1.91. The number of hydrogen-bond donors (Lipinski definition) is 0. The van der Waals surface area contributed by atoms with Crippen LogP contribution < -0.4 is 0 Å². The van der Waals surface area contributed by atoms with Crippen LogP contribution in [0.3, 0.4) is 0 Å². The van der Waals surface area contributed by atoms with E-state index in [4.69, 9.17) is 0 Å². The van der Waals surface area contributed by atoms with Crippen LogP contribution in [0.1, 0.15) is 23.7 Å². The van der Waals surface area contributed by atoms with Gasteiger partial charge < -0.3 is 9.13 Å². The summed E-state index contributed by atoms with van der Waals surface area (Å²) in [5.41, 5.74) is 10.1. The molecule has 0 aliphatic heterocycles. The molecular formula is C47H32N2S. The van der Waals surface area contributed by atoms with E-state index in [9.17, 15) is 0 Å². The Morgan fingerprint density at radius 1 is 0.540 bits per heavy atom. The van der Waals surface area contributed by atoms with Crippen LogP contribution in [0.5, 0.6) is 0 Å². The summed E-state index contributed by atoms with van der Waals surface area (Å²) < 4.78 is 7.62. The number of fused-ring (bicyclic) bond motifs is 11. The molecule has 3 aromatic heterocycles. The van der Waals surface area contributed by atoms with Gasteiger partial charge in [-0.25, -0.2) is 0 Å². The third-order valence-corrected chi connectivity index (χ3v) is 12.3. The molecule has 1 aliphatic carbocycles. The predicted octanol–water partition coefficient (Wildman–Crippen LogP) is 12.8.